The Balaban J connectivity index is 1.66. The Labute approximate surface area is 170 Å². The summed E-state index contributed by atoms with van der Waals surface area (Å²) < 4.78 is 12.9. The van der Waals surface area contributed by atoms with Crippen LogP contribution in [0.1, 0.15) is 48.4 Å². The third-order valence-corrected chi connectivity index (χ3v) is 4.37. The van der Waals surface area contributed by atoms with Crippen molar-refractivity contribution in [3.05, 3.63) is 71.5 Å². The van der Waals surface area contributed by atoms with E-state index in [-0.39, 0.29) is 17.6 Å². The minimum Gasteiger partial charge on any atom is -0.490 e. The van der Waals surface area contributed by atoms with Crippen molar-refractivity contribution < 1.29 is 14.3 Å². The Morgan fingerprint density at radius 3 is 2.52 bits per heavy atom. The van der Waals surface area contributed by atoms with Gasteiger partial charge in [-0.25, -0.2) is 4.68 Å². The smallest absolute Gasteiger partial charge is 0.273 e. The van der Waals surface area contributed by atoms with Gasteiger partial charge in [0.25, 0.3) is 5.91 Å². The van der Waals surface area contributed by atoms with Gasteiger partial charge in [-0.05, 0) is 44.0 Å². The maximum atomic E-state index is 12.6. The van der Waals surface area contributed by atoms with E-state index in [1.54, 1.807) is 10.9 Å². The molecule has 0 aliphatic heterocycles. The number of carbonyl (C=O) groups excluding carboxylic acids is 1. The molecule has 7 heteroatoms. The fourth-order valence-electron chi connectivity index (χ4n) is 2.94. The maximum Gasteiger partial charge on any atom is 0.273 e. The lowest BCUT2D eigenvalue weighted by Gasteiger charge is -2.17. The molecule has 2 aromatic carbocycles. The summed E-state index contributed by atoms with van der Waals surface area (Å²) in [6.45, 7) is 7.42. The first kappa shape index (κ1) is 20.4. The molecule has 0 aliphatic rings. The molecule has 1 N–H and O–H groups in total. The molecule has 1 unspecified atom stereocenters. The molecule has 152 valence electrons. The monoisotopic (exact) mass is 394 g/mol. The van der Waals surface area contributed by atoms with Gasteiger partial charge >= 0.3 is 0 Å². The first-order valence-electron chi connectivity index (χ1n) is 9.75. The lowest BCUT2D eigenvalue weighted by Crippen LogP contribution is -2.27. The van der Waals surface area contributed by atoms with Crippen molar-refractivity contribution in [1.29, 1.82) is 0 Å². The molecule has 0 fully saturated rings. The zero-order valence-corrected chi connectivity index (χ0v) is 17.0. The molecule has 1 amide bonds. The number of aromatic nitrogens is 3. The van der Waals surface area contributed by atoms with Crippen molar-refractivity contribution >= 4 is 5.91 Å². The van der Waals surface area contributed by atoms with E-state index in [1.165, 1.54) is 0 Å². The average molecular weight is 394 g/mol. The fourth-order valence-corrected chi connectivity index (χ4v) is 2.94. The van der Waals surface area contributed by atoms with E-state index in [9.17, 15) is 4.79 Å². The molecule has 0 saturated heterocycles. The van der Waals surface area contributed by atoms with Gasteiger partial charge in [0, 0.05) is 0 Å². The number of ether oxygens (including phenoxy) is 2. The average Bonchev–Trinajstić information content (AvgIpc) is 3.19. The zero-order valence-electron chi connectivity index (χ0n) is 17.0. The number of carbonyl (C=O) groups is 1. The van der Waals surface area contributed by atoms with Gasteiger partial charge in [0.15, 0.2) is 17.2 Å². The third-order valence-electron chi connectivity index (χ3n) is 4.37. The quantitative estimate of drug-likeness (QED) is 0.600. The topological polar surface area (TPSA) is 78.3 Å². The van der Waals surface area contributed by atoms with Crippen molar-refractivity contribution in [2.45, 2.75) is 33.4 Å². The van der Waals surface area contributed by atoms with E-state index in [2.05, 4.69) is 15.6 Å². The zero-order chi connectivity index (χ0) is 20.6. The van der Waals surface area contributed by atoms with Crippen molar-refractivity contribution in [1.82, 2.24) is 20.3 Å². The van der Waals surface area contributed by atoms with E-state index in [1.807, 2.05) is 69.3 Å². The van der Waals surface area contributed by atoms with Gasteiger partial charge in [0.2, 0.25) is 0 Å². The van der Waals surface area contributed by atoms with Crippen LogP contribution in [0.4, 0.5) is 0 Å². The van der Waals surface area contributed by atoms with Crippen LogP contribution in [0.5, 0.6) is 11.5 Å². The van der Waals surface area contributed by atoms with E-state index < -0.39 is 0 Å². The molecule has 0 aliphatic carbocycles. The van der Waals surface area contributed by atoms with E-state index in [0.29, 0.717) is 31.3 Å². The van der Waals surface area contributed by atoms with Gasteiger partial charge in [0.1, 0.15) is 0 Å². The molecule has 1 heterocycles. The van der Waals surface area contributed by atoms with Crippen molar-refractivity contribution in [3.8, 4) is 11.5 Å². The second-order valence-electron chi connectivity index (χ2n) is 6.55. The van der Waals surface area contributed by atoms with Crippen LogP contribution in [0.25, 0.3) is 0 Å². The molecule has 29 heavy (non-hydrogen) atoms. The molecular formula is C22H26N4O3. The SMILES string of the molecule is CCOc1ccc(C(C)NC(=O)c2cn(Cc3ccccc3)nn2)cc1OCC. The normalized spacial score (nSPS) is 11.7. The van der Waals surface area contributed by atoms with Crippen LogP contribution in [0.2, 0.25) is 0 Å². The van der Waals surface area contributed by atoms with Gasteiger partial charge in [0.05, 0.1) is 32.0 Å². The highest BCUT2D eigenvalue weighted by Crippen LogP contribution is 2.30. The van der Waals surface area contributed by atoms with E-state index in [0.717, 1.165) is 11.1 Å². The highest BCUT2D eigenvalue weighted by Gasteiger charge is 2.17. The Morgan fingerprint density at radius 2 is 1.79 bits per heavy atom. The van der Waals surface area contributed by atoms with Crippen LogP contribution in [-0.4, -0.2) is 34.1 Å². The highest BCUT2D eigenvalue weighted by molar-refractivity contribution is 5.92. The molecular weight excluding hydrogens is 368 g/mol. The van der Waals surface area contributed by atoms with Crippen LogP contribution < -0.4 is 14.8 Å². The van der Waals surface area contributed by atoms with Crippen LogP contribution in [0, 0.1) is 0 Å². The predicted molar refractivity (Wildman–Crippen MR) is 110 cm³/mol. The minimum atomic E-state index is -0.274. The van der Waals surface area contributed by atoms with Gasteiger partial charge in [-0.3, -0.25) is 4.79 Å². The van der Waals surface area contributed by atoms with E-state index in [4.69, 9.17) is 9.47 Å². The number of amides is 1. The molecule has 0 bridgehead atoms. The van der Waals surface area contributed by atoms with Crippen molar-refractivity contribution in [3.63, 3.8) is 0 Å². The summed E-state index contributed by atoms with van der Waals surface area (Å²) in [5, 5.41) is 11.0. The Morgan fingerprint density at radius 1 is 1.07 bits per heavy atom. The van der Waals surface area contributed by atoms with Gasteiger partial charge in [-0.15, -0.1) is 5.10 Å². The summed E-state index contributed by atoms with van der Waals surface area (Å²) in [6.07, 6.45) is 1.65. The molecule has 0 radical (unpaired) electrons. The van der Waals surface area contributed by atoms with E-state index >= 15 is 0 Å². The molecule has 7 nitrogen and oxygen atoms in total. The van der Waals surface area contributed by atoms with Gasteiger partial charge < -0.3 is 14.8 Å². The summed E-state index contributed by atoms with van der Waals surface area (Å²) >= 11 is 0. The third kappa shape index (κ3) is 5.34. The Kier molecular flexibility index (Phi) is 6.84. The second-order valence-corrected chi connectivity index (χ2v) is 6.55. The summed E-state index contributed by atoms with van der Waals surface area (Å²) in [6, 6.07) is 15.4. The van der Waals surface area contributed by atoms with Crippen molar-refractivity contribution in [2.24, 2.45) is 0 Å². The molecule has 3 aromatic rings. The summed E-state index contributed by atoms with van der Waals surface area (Å²) in [7, 11) is 0. The lowest BCUT2D eigenvalue weighted by molar-refractivity contribution is 0.0934. The standard InChI is InChI=1S/C22H26N4O3/c1-4-28-20-12-11-18(13-21(20)29-5-2)16(3)23-22(27)19-15-26(25-24-19)14-17-9-7-6-8-10-17/h6-13,15-16H,4-5,14H2,1-3H3,(H,23,27). The van der Waals surface area contributed by atoms with Crippen LogP contribution >= 0.6 is 0 Å². The second kappa shape index (κ2) is 9.73. The lowest BCUT2D eigenvalue weighted by atomic mass is 10.1. The summed E-state index contributed by atoms with van der Waals surface area (Å²) in [5.41, 5.74) is 2.29. The number of hydrogen-bond acceptors (Lipinski definition) is 5. The summed E-state index contributed by atoms with van der Waals surface area (Å²) in [4.78, 5) is 12.6. The van der Waals surface area contributed by atoms with Crippen LogP contribution in [0.15, 0.2) is 54.7 Å². The highest BCUT2D eigenvalue weighted by atomic mass is 16.5. The number of rotatable bonds is 9. The molecule has 1 atom stereocenters. The molecule has 0 spiro atoms. The predicted octanol–water partition coefficient (Wildman–Crippen LogP) is 3.61. The minimum absolute atomic E-state index is 0.225. The molecule has 1 aromatic heterocycles. The Bertz CT molecular complexity index is 940. The fraction of sp³-hybridized carbons (Fsp3) is 0.318. The Hall–Kier alpha value is -3.35. The number of benzene rings is 2. The molecule has 3 rings (SSSR count). The largest absolute Gasteiger partial charge is 0.490 e. The van der Waals surface area contributed by atoms with Crippen LogP contribution in [0.3, 0.4) is 0 Å². The van der Waals surface area contributed by atoms with Crippen LogP contribution in [-0.2, 0) is 6.54 Å². The summed E-state index contributed by atoms with van der Waals surface area (Å²) in [5.74, 6) is 1.09. The number of hydrogen-bond donors (Lipinski definition) is 1. The molecule has 0 saturated carbocycles. The first-order chi connectivity index (χ1) is 14.1. The number of nitrogens with one attached hydrogen (secondary N) is 1. The van der Waals surface area contributed by atoms with Gasteiger partial charge in [-0.1, -0.05) is 41.6 Å². The number of nitrogens with zero attached hydrogens (tertiary/aromatic N) is 3. The maximum absolute atomic E-state index is 12.6. The van der Waals surface area contributed by atoms with Crippen molar-refractivity contribution in [2.75, 3.05) is 13.2 Å². The first-order valence-corrected chi connectivity index (χ1v) is 9.75. The van der Waals surface area contributed by atoms with Gasteiger partial charge in [-0.2, -0.15) is 0 Å².